The SMILES string of the molecule is N#CC1=C(N)NC(Sc2ccccc2N)=C(C#N)C1c1c(Cl)cccc1Cl. The molecule has 27 heavy (non-hydrogen) atoms. The van der Waals surface area contributed by atoms with E-state index in [0.29, 0.717) is 31.9 Å². The molecular formula is C19H13Cl2N5S. The number of halogens is 2. The Morgan fingerprint density at radius 2 is 1.56 bits per heavy atom. The fourth-order valence-corrected chi connectivity index (χ4v) is 4.37. The summed E-state index contributed by atoms with van der Waals surface area (Å²) in [5.74, 6) is -0.621. The van der Waals surface area contributed by atoms with Crippen LogP contribution in [0.4, 0.5) is 5.69 Å². The summed E-state index contributed by atoms with van der Waals surface area (Å²) in [4.78, 5) is 0.755. The number of para-hydroxylation sites is 1. The highest BCUT2D eigenvalue weighted by Gasteiger charge is 2.34. The number of nitrogens with one attached hydrogen (secondary N) is 1. The van der Waals surface area contributed by atoms with Crippen LogP contribution in [0.5, 0.6) is 0 Å². The van der Waals surface area contributed by atoms with Gasteiger partial charge >= 0.3 is 0 Å². The average molecular weight is 414 g/mol. The first-order valence-corrected chi connectivity index (χ1v) is 9.32. The molecule has 1 aliphatic rings. The summed E-state index contributed by atoms with van der Waals surface area (Å²) in [6, 6.07) is 16.5. The molecule has 0 radical (unpaired) electrons. The maximum Gasteiger partial charge on any atom is 0.116 e. The second kappa shape index (κ2) is 7.85. The zero-order valence-electron chi connectivity index (χ0n) is 13.8. The normalized spacial score (nSPS) is 16.5. The number of nitriles is 2. The van der Waals surface area contributed by atoms with E-state index >= 15 is 0 Å². The van der Waals surface area contributed by atoms with E-state index in [1.54, 1.807) is 24.3 Å². The van der Waals surface area contributed by atoms with Crippen LogP contribution in [0.15, 0.2) is 69.4 Å². The van der Waals surface area contributed by atoms with Gasteiger partial charge in [-0.1, -0.05) is 53.2 Å². The molecular weight excluding hydrogens is 401 g/mol. The maximum atomic E-state index is 9.87. The van der Waals surface area contributed by atoms with Crippen LogP contribution in [0.2, 0.25) is 10.0 Å². The standard InChI is InChI=1S/C19H13Cl2N5S/c20-12-4-3-5-13(21)17(12)16-10(8-22)18(25)26-19(11(16)9-23)27-15-7-2-1-6-14(15)24/h1-7,16,26H,24-25H2. The first kappa shape index (κ1) is 19.0. The smallest absolute Gasteiger partial charge is 0.116 e. The van der Waals surface area contributed by atoms with Gasteiger partial charge in [-0.3, -0.25) is 0 Å². The molecule has 5 nitrogen and oxygen atoms in total. The Kier molecular flexibility index (Phi) is 5.53. The minimum Gasteiger partial charge on any atom is -0.398 e. The molecule has 0 saturated heterocycles. The van der Waals surface area contributed by atoms with E-state index in [0.717, 1.165) is 4.90 Å². The Hall–Kier alpha value is -2.77. The highest BCUT2D eigenvalue weighted by molar-refractivity contribution is 8.03. The van der Waals surface area contributed by atoms with E-state index < -0.39 is 5.92 Å². The van der Waals surface area contributed by atoms with Crippen molar-refractivity contribution in [3.05, 3.63) is 80.1 Å². The van der Waals surface area contributed by atoms with Gasteiger partial charge in [-0.2, -0.15) is 10.5 Å². The molecule has 8 heteroatoms. The zero-order chi connectivity index (χ0) is 19.6. The van der Waals surface area contributed by atoms with Crippen LogP contribution in [-0.4, -0.2) is 0 Å². The van der Waals surface area contributed by atoms with E-state index in [9.17, 15) is 10.5 Å². The fourth-order valence-electron chi connectivity index (χ4n) is 2.77. The van der Waals surface area contributed by atoms with Crippen molar-refractivity contribution in [2.75, 3.05) is 5.73 Å². The van der Waals surface area contributed by atoms with Crippen molar-refractivity contribution >= 4 is 40.7 Å². The lowest BCUT2D eigenvalue weighted by atomic mass is 9.84. The third-order valence-corrected chi connectivity index (χ3v) is 5.80. The van der Waals surface area contributed by atoms with E-state index in [2.05, 4.69) is 17.5 Å². The van der Waals surface area contributed by atoms with Crippen LogP contribution in [0.1, 0.15) is 11.5 Å². The van der Waals surface area contributed by atoms with Crippen molar-refractivity contribution in [3.63, 3.8) is 0 Å². The molecule has 3 rings (SSSR count). The van der Waals surface area contributed by atoms with Gasteiger partial charge in [0, 0.05) is 26.2 Å². The van der Waals surface area contributed by atoms with Gasteiger partial charge in [0.2, 0.25) is 0 Å². The number of nitrogens with zero attached hydrogens (tertiary/aromatic N) is 2. The van der Waals surface area contributed by atoms with Crippen LogP contribution in [0, 0.1) is 22.7 Å². The number of allylic oxidation sites excluding steroid dienone is 2. The third-order valence-electron chi connectivity index (χ3n) is 4.02. The lowest BCUT2D eigenvalue weighted by molar-refractivity contribution is 0.840. The Morgan fingerprint density at radius 1 is 0.926 bits per heavy atom. The van der Waals surface area contributed by atoms with Crippen molar-refractivity contribution in [1.29, 1.82) is 10.5 Å². The minimum atomic E-state index is -0.769. The molecule has 0 aliphatic carbocycles. The van der Waals surface area contributed by atoms with Crippen molar-refractivity contribution in [2.45, 2.75) is 10.8 Å². The van der Waals surface area contributed by atoms with Crippen molar-refractivity contribution in [2.24, 2.45) is 5.73 Å². The highest BCUT2D eigenvalue weighted by atomic mass is 35.5. The summed E-state index contributed by atoms with van der Waals surface area (Å²) < 4.78 is 0. The van der Waals surface area contributed by atoms with Gasteiger partial charge in [-0.25, -0.2) is 0 Å². The van der Waals surface area contributed by atoms with Gasteiger partial charge in [0.05, 0.1) is 34.2 Å². The van der Waals surface area contributed by atoms with Crippen LogP contribution in [0.3, 0.4) is 0 Å². The quantitative estimate of drug-likeness (QED) is 0.639. The van der Waals surface area contributed by atoms with E-state index in [4.69, 9.17) is 34.7 Å². The van der Waals surface area contributed by atoms with Gasteiger partial charge in [0.25, 0.3) is 0 Å². The monoisotopic (exact) mass is 413 g/mol. The van der Waals surface area contributed by atoms with Gasteiger partial charge in [0.15, 0.2) is 0 Å². The second-order valence-corrected chi connectivity index (χ2v) is 7.49. The first-order chi connectivity index (χ1) is 13.0. The molecule has 0 amide bonds. The summed E-state index contributed by atoms with van der Waals surface area (Å²) in [7, 11) is 0. The number of dihydropyridines is 1. The average Bonchev–Trinajstić information content (AvgIpc) is 2.63. The Morgan fingerprint density at radius 3 is 2.15 bits per heavy atom. The lowest BCUT2D eigenvalue weighted by Crippen LogP contribution is -2.29. The molecule has 1 unspecified atom stereocenters. The first-order valence-electron chi connectivity index (χ1n) is 7.75. The zero-order valence-corrected chi connectivity index (χ0v) is 16.2. The van der Waals surface area contributed by atoms with E-state index in [1.807, 2.05) is 18.2 Å². The summed E-state index contributed by atoms with van der Waals surface area (Å²) >= 11 is 14.0. The predicted octanol–water partition coefficient (Wildman–Crippen LogP) is 4.48. The molecule has 1 aliphatic heterocycles. The van der Waals surface area contributed by atoms with Crippen LogP contribution in [0.25, 0.3) is 0 Å². The molecule has 134 valence electrons. The summed E-state index contributed by atoms with van der Waals surface area (Å²) in [5.41, 5.74) is 13.6. The number of nitrogen functional groups attached to an aromatic ring is 1. The van der Waals surface area contributed by atoms with Crippen LogP contribution < -0.4 is 16.8 Å². The molecule has 0 bridgehead atoms. The lowest BCUT2D eigenvalue weighted by Gasteiger charge is -2.28. The Balaban J connectivity index is 2.20. The molecule has 5 N–H and O–H groups in total. The van der Waals surface area contributed by atoms with Gasteiger partial charge in [0.1, 0.15) is 5.82 Å². The molecule has 2 aromatic carbocycles. The molecule has 0 aromatic heterocycles. The molecule has 0 spiro atoms. The highest BCUT2D eigenvalue weighted by Crippen LogP contribution is 2.46. The van der Waals surface area contributed by atoms with E-state index in [-0.39, 0.29) is 11.4 Å². The predicted molar refractivity (Wildman–Crippen MR) is 109 cm³/mol. The van der Waals surface area contributed by atoms with Crippen LogP contribution in [-0.2, 0) is 0 Å². The Labute approximate surface area is 170 Å². The third kappa shape index (κ3) is 3.56. The molecule has 1 heterocycles. The molecule has 1 atom stereocenters. The van der Waals surface area contributed by atoms with Gasteiger partial charge in [-0.15, -0.1) is 0 Å². The van der Waals surface area contributed by atoms with Crippen molar-refractivity contribution < 1.29 is 0 Å². The molecule has 0 saturated carbocycles. The summed E-state index contributed by atoms with van der Waals surface area (Å²) in [6.45, 7) is 0. The maximum absolute atomic E-state index is 9.87. The molecule has 2 aromatic rings. The fraction of sp³-hybridized carbons (Fsp3) is 0.0526. The van der Waals surface area contributed by atoms with Crippen LogP contribution >= 0.6 is 35.0 Å². The number of rotatable bonds is 3. The largest absolute Gasteiger partial charge is 0.398 e. The van der Waals surface area contributed by atoms with E-state index in [1.165, 1.54) is 11.8 Å². The minimum absolute atomic E-state index is 0.148. The second-order valence-electron chi connectivity index (χ2n) is 5.63. The Bertz CT molecular complexity index is 1040. The number of nitrogens with two attached hydrogens (primary N) is 2. The number of anilines is 1. The topological polar surface area (TPSA) is 112 Å². The summed E-state index contributed by atoms with van der Waals surface area (Å²) in [6.07, 6.45) is 0. The molecule has 0 fully saturated rings. The number of benzene rings is 2. The summed E-state index contributed by atoms with van der Waals surface area (Å²) in [5, 5.41) is 23.6. The van der Waals surface area contributed by atoms with Gasteiger partial charge in [-0.05, 0) is 24.3 Å². The number of thioether (sulfide) groups is 1. The van der Waals surface area contributed by atoms with Gasteiger partial charge < -0.3 is 16.8 Å². The van der Waals surface area contributed by atoms with Crippen molar-refractivity contribution in [1.82, 2.24) is 5.32 Å². The number of hydrogen-bond acceptors (Lipinski definition) is 6. The van der Waals surface area contributed by atoms with Crippen molar-refractivity contribution in [3.8, 4) is 12.1 Å². The number of hydrogen-bond donors (Lipinski definition) is 3.